The summed E-state index contributed by atoms with van der Waals surface area (Å²) >= 11 is 7.33. The van der Waals surface area contributed by atoms with Crippen molar-refractivity contribution < 1.29 is 0 Å². The van der Waals surface area contributed by atoms with E-state index in [1.54, 1.807) is 0 Å². The molecule has 1 aliphatic heterocycles. The first-order valence-corrected chi connectivity index (χ1v) is 8.29. The minimum Gasteiger partial charge on any atom is -0.330 e. The highest BCUT2D eigenvalue weighted by Crippen LogP contribution is 2.21. The number of allylic oxidation sites excluding steroid dienone is 1. The normalized spacial score (nSPS) is 21.1. The molecule has 0 bridgehead atoms. The molecule has 0 saturated carbocycles. The molecule has 0 aromatic carbocycles. The van der Waals surface area contributed by atoms with E-state index in [1.165, 1.54) is 37.1 Å². The van der Waals surface area contributed by atoms with Gasteiger partial charge in [-0.05, 0) is 37.1 Å². The molecule has 0 aromatic rings. The summed E-state index contributed by atoms with van der Waals surface area (Å²) in [6.45, 7) is 4.37. The Morgan fingerprint density at radius 2 is 2.11 bits per heavy atom. The predicted octanol–water partition coefficient (Wildman–Crippen LogP) is 2.40. The number of rotatable bonds is 6. The lowest BCUT2D eigenvalue weighted by Gasteiger charge is -2.20. The van der Waals surface area contributed by atoms with Crippen LogP contribution < -0.4 is 5.73 Å². The van der Waals surface area contributed by atoms with Crippen LogP contribution in [0.2, 0.25) is 0 Å². The van der Waals surface area contributed by atoms with Crippen LogP contribution in [-0.2, 0) is 0 Å². The van der Waals surface area contributed by atoms with Crippen molar-refractivity contribution in [3.05, 3.63) is 23.3 Å². The van der Waals surface area contributed by atoms with E-state index in [-0.39, 0.29) is 0 Å². The van der Waals surface area contributed by atoms with Crippen LogP contribution in [-0.4, -0.2) is 47.4 Å². The molecule has 2 aliphatic rings. The van der Waals surface area contributed by atoms with E-state index in [1.807, 2.05) is 11.8 Å². The minimum absolute atomic E-state index is 0.751. The molecule has 18 heavy (non-hydrogen) atoms. The van der Waals surface area contributed by atoms with Gasteiger partial charge >= 0.3 is 0 Å². The largest absolute Gasteiger partial charge is 0.330 e. The van der Waals surface area contributed by atoms with E-state index in [0.717, 1.165) is 35.9 Å². The maximum atomic E-state index is 5.52. The first-order chi connectivity index (χ1) is 8.79. The van der Waals surface area contributed by atoms with Crippen molar-refractivity contribution in [3.8, 4) is 0 Å². The Kier molecular flexibility index (Phi) is 5.89. The number of nitrogens with zero attached hydrogens (tertiary/aromatic N) is 1. The number of likely N-dealkylation sites (tertiary alicyclic amines) is 1. The second kappa shape index (κ2) is 7.43. The number of thiocarbonyl (C=S) groups is 1. The smallest absolute Gasteiger partial charge is 0.0230 e. The minimum atomic E-state index is 0.751. The summed E-state index contributed by atoms with van der Waals surface area (Å²) in [5.74, 6) is 2.04. The van der Waals surface area contributed by atoms with Crippen LogP contribution in [0.15, 0.2) is 23.3 Å². The molecule has 100 valence electrons. The van der Waals surface area contributed by atoms with Crippen LogP contribution in [0.4, 0.5) is 0 Å². The Hall–Kier alpha value is -0.160. The van der Waals surface area contributed by atoms with Gasteiger partial charge in [-0.3, -0.25) is 4.90 Å². The third-order valence-corrected chi connectivity index (χ3v) is 4.86. The number of hydrogen-bond donors (Lipinski definition) is 1. The van der Waals surface area contributed by atoms with E-state index >= 15 is 0 Å². The summed E-state index contributed by atoms with van der Waals surface area (Å²) in [5.41, 5.74) is 8.32. The van der Waals surface area contributed by atoms with Crippen molar-refractivity contribution in [2.75, 3.05) is 37.7 Å². The lowest BCUT2D eigenvalue weighted by molar-refractivity contribution is 0.371. The fourth-order valence-corrected chi connectivity index (χ4v) is 3.51. The maximum absolute atomic E-state index is 5.52. The molecular formula is C14H22N2S2. The first-order valence-electron chi connectivity index (χ1n) is 6.72. The van der Waals surface area contributed by atoms with Gasteiger partial charge < -0.3 is 5.73 Å². The molecule has 0 aromatic heterocycles. The molecule has 1 fully saturated rings. The highest BCUT2D eigenvalue weighted by Gasteiger charge is 2.15. The molecule has 2 N–H and O–H groups in total. The van der Waals surface area contributed by atoms with Crippen molar-refractivity contribution in [2.24, 2.45) is 5.73 Å². The van der Waals surface area contributed by atoms with Gasteiger partial charge in [-0.15, -0.1) is 0 Å². The average Bonchev–Trinajstić information content (AvgIpc) is 2.86. The van der Waals surface area contributed by atoms with Gasteiger partial charge in [0.25, 0.3) is 0 Å². The zero-order valence-corrected chi connectivity index (χ0v) is 12.5. The van der Waals surface area contributed by atoms with Crippen molar-refractivity contribution >= 4 is 28.8 Å². The Balaban J connectivity index is 1.88. The van der Waals surface area contributed by atoms with E-state index in [2.05, 4.69) is 17.1 Å². The molecule has 1 aliphatic carbocycles. The van der Waals surface area contributed by atoms with Crippen molar-refractivity contribution in [2.45, 2.75) is 19.3 Å². The van der Waals surface area contributed by atoms with E-state index in [4.69, 9.17) is 18.0 Å². The van der Waals surface area contributed by atoms with Crippen molar-refractivity contribution in [1.29, 1.82) is 0 Å². The van der Waals surface area contributed by atoms with E-state index in [0.29, 0.717) is 0 Å². The molecule has 0 unspecified atom stereocenters. The summed E-state index contributed by atoms with van der Waals surface area (Å²) in [4.78, 5) is 3.66. The Bertz CT molecular complexity index is 355. The van der Waals surface area contributed by atoms with Crippen LogP contribution in [0.5, 0.6) is 0 Å². The van der Waals surface area contributed by atoms with Gasteiger partial charge in [-0.2, -0.15) is 11.8 Å². The lowest BCUT2D eigenvalue weighted by atomic mass is 10.00. The monoisotopic (exact) mass is 282 g/mol. The van der Waals surface area contributed by atoms with Gasteiger partial charge in [0.1, 0.15) is 0 Å². The highest BCUT2D eigenvalue weighted by molar-refractivity contribution is 7.99. The van der Waals surface area contributed by atoms with E-state index < -0.39 is 0 Å². The fraction of sp³-hybridized carbons (Fsp3) is 0.643. The number of hydrogen-bond acceptors (Lipinski definition) is 4. The van der Waals surface area contributed by atoms with E-state index in [9.17, 15) is 0 Å². The first kappa shape index (κ1) is 14.3. The molecule has 1 heterocycles. The molecule has 4 heteroatoms. The van der Waals surface area contributed by atoms with Gasteiger partial charge in [0.15, 0.2) is 0 Å². The summed E-state index contributed by atoms with van der Waals surface area (Å²) in [6.07, 6.45) is 8.28. The Morgan fingerprint density at radius 1 is 1.33 bits per heavy atom. The molecule has 0 atom stereocenters. The van der Waals surface area contributed by atoms with Gasteiger partial charge in [-0.25, -0.2) is 0 Å². The SMILES string of the molecule is NCCSCC1=CC(CN2CCCC2)=CCC1=S. The summed E-state index contributed by atoms with van der Waals surface area (Å²) in [6, 6.07) is 0. The van der Waals surface area contributed by atoms with Crippen LogP contribution in [0.25, 0.3) is 0 Å². The fourth-order valence-electron chi connectivity index (χ4n) is 2.41. The molecule has 0 radical (unpaired) electrons. The number of thioether (sulfide) groups is 1. The molecule has 2 nitrogen and oxygen atoms in total. The van der Waals surface area contributed by atoms with Crippen LogP contribution in [0.3, 0.4) is 0 Å². The Labute approximate surface area is 120 Å². The Morgan fingerprint density at radius 3 is 2.83 bits per heavy atom. The maximum Gasteiger partial charge on any atom is 0.0230 e. The third kappa shape index (κ3) is 4.19. The molecule has 0 spiro atoms. The topological polar surface area (TPSA) is 29.3 Å². The van der Waals surface area contributed by atoms with Crippen molar-refractivity contribution in [1.82, 2.24) is 4.90 Å². The zero-order chi connectivity index (χ0) is 12.8. The standard InChI is InChI=1S/C14H22N2S2/c15-5-8-18-11-13-9-12(3-4-14(13)17)10-16-6-1-2-7-16/h3,9H,1-2,4-8,10-11,15H2. The second-order valence-corrected chi connectivity index (χ2v) is 6.50. The van der Waals surface area contributed by atoms with Crippen LogP contribution in [0.1, 0.15) is 19.3 Å². The quantitative estimate of drug-likeness (QED) is 0.598. The second-order valence-electron chi connectivity index (χ2n) is 4.90. The van der Waals surface area contributed by atoms with Crippen LogP contribution in [0, 0.1) is 0 Å². The lowest BCUT2D eigenvalue weighted by Crippen LogP contribution is -2.23. The molecule has 2 rings (SSSR count). The summed E-state index contributed by atoms with van der Waals surface area (Å²) in [7, 11) is 0. The molecular weight excluding hydrogens is 260 g/mol. The van der Waals surface area contributed by atoms with Gasteiger partial charge in [0, 0.05) is 35.9 Å². The number of nitrogens with two attached hydrogens (primary N) is 1. The summed E-state index contributed by atoms with van der Waals surface area (Å²) in [5, 5.41) is 0. The van der Waals surface area contributed by atoms with Gasteiger partial charge in [0.05, 0.1) is 0 Å². The average molecular weight is 282 g/mol. The van der Waals surface area contributed by atoms with Crippen LogP contribution >= 0.6 is 24.0 Å². The molecule has 1 saturated heterocycles. The van der Waals surface area contributed by atoms with Crippen molar-refractivity contribution in [3.63, 3.8) is 0 Å². The molecule has 0 amide bonds. The summed E-state index contributed by atoms with van der Waals surface area (Å²) < 4.78 is 0. The highest BCUT2D eigenvalue weighted by atomic mass is 32.2. The third-order valence-electron chi connectivity index (χ3n) is 3.39. The zero-order valence-electron chi connectivity index (χ0n) is 10.9. The van der Waals surface area contributed by atoms with Gasteiger partial charge in [-0.1, -0.05) is 24.4 Å². The van der Waals surface area contributed by atoms with Gasteiger partial charge in [0.2, 0.25) is 0 Å². The predicted molar refractivity (Wildman–Crippen MR) is 85.4 cm³/mol.